The van der Waals surface area contributed by atoms with Gasteiger partial charge in [-0.25, -0.2) is 0 Å². The Labute approximate surface area is 123 Å². The van der Waals surface area contributed by atoms with Gasteiger partial charge < -0.3 is 14.3 Å². The molecule has 0 saturated carbocycles. The Kier molecular flexibility index (Phi) is 4.99. The van der Waals surface area contributed by atoms with Gasteiger partial charge in [0.15, 0.2) is 18.1 Å². The molecule has 1 atom stereocenters. The van der Waals surface area contributed by atoms with E-state index in [0.717, 1.165) is 12.5 Å². The van der Waals surface area contributed by atoms with Crippen LogP contribution in [0.4, 0.5) is 0 Å². The van der Waals surface area contributed by atoms with Crippen molar-refractivity contribution in [3.8, 4) is 6.07 Å². The van der Waals surface area contributed by atoms with E-state index < -0.39 is 0 Å². The minimum absolute atomic E-state index is 0. The molecule has 1 aromatic heterocycles. The normalized spacial score (nSPS) is 28.1. The summed E-state index contributed by atoms with van der Waals surface area (Å²) in [6.45, 7) is 3.76. The average molecular weight is 297 g/mol. The third kappa shape index (κ3) is 3.30. The minimum Gasteiger partial charge on any atom is -0.388 e. The van der Waals surface area contributed by atoms with Crippen molar-refractivity contribution in [2.75, 3.05) is 19.6 Å². The fourth-order valence-corrected chi connectivity index (χ4v) is 2.84. The fourth-order valence-electron chi connectivity index (χ4n) is 2.84. The van der Waals surface area contributed by atoms with E-state index in [9.17, 15) is 0 Å². The second-order valence-electron chi connectivity index (χ2n) is 5.12. The third-order valence-electron chi connectivity index (χ3n) is 3.91. The molecule has 1 unspecified atom stereocenters. The number of hydrogen-bond donors (Lipinski definition) is 0. The van der Waals surface area contributed by atoms with Gasteiger partial charge in [-0.05, 0) is 31.8 Å². The third-order valence-corrected chi connectivity index (χ3v) is 3.91. The standard InChI is InChI=1S/C13H16N4O2.ClH/c14-6-12-5-13(19-16-12)9-18-15-7-11-8-17-3-1-10(11)2-4-17;/h5,7,10-11H,1-4,8-9H2;1H/b15-7+;. The first-order valence-corrected chi connectivity index (χ1v) is 6.58. The summed E-state index contributed by atoms with van der Waals surface area (Å²) in [4.78, 5) is 7.67. The van der Waals surface area contributed by atoms with Crippen LogP contribution in [0.2, 0.25) is 0 Å². The summed E-state index contributed by atoms with van der Waals surface area (Å²) < 4.78 is 4.92. The molecule has 0 aliphatic carbocycles. The van der Waals surface area contributed by atoms with Gasteiger partial charge in [0.25, 0.3) is 0 Å². The first-order chi connectivity index (χ1) is 9.35. The van der Waals surface area contributed by atoms with Gasteiger partial charge in [0.1, 0.15) is 6.07 Å². The van der Waals surface area contributed by atoms with Crippen molar-refractivity contribution in [1.82, 2.24) is 10.1 Å². The van der Waals surface area contributed by atoms with Crippen molar-refractivity contribution in [2.24, 2.45) is 17.0 Å². The van der Waals surface area contributed by atoms with Gasteiger partial charge in [0.05, 0.1) is 0 Å². The van der Waals surface area contributed by atoms with Crippen LogP contribution in [0.15, 0.2) is 15.7 Å². The molecular weight excluding hydrogens is 280 g/mol. The van der Waals surface area contributed by atoms with E-state index in [1.54, 1.807) is 6.07 Å². The van der Waals surface area contributed by atoms with E-state index in [1.807, 2.05) is 12.3 Å². The zero-order valence-corrected chi connectivity index (χ0v) is 11.9. The lowest BCUT2D eigenvalue weighted by atomic mass is 9.80. The molecule has 20 heavy (non-hydrogen) atoms. The molecule has 3 aliphatic rings. The topological polar surface area (TPSA) is 74.7 Å². The van der Waals surface area contributed by atoms with E-state index in [2.05, 4.69) is 15.2 Å². The number of hydrogen-bond acceptors (Lipinski definition) is 6. The number of fused-ring (bicyclic) bond motifs is 3. The zero-order chi connectivity index (χ0) is 13.1. The summed E-state index contributed by atoms with van der Waals surface area (Å²) in [6.07, 6.45) is 4.45. The van der Waals surface area contributed by atoms with E-state index in [-0.39, 0.29) is 24.7 Å². The molecule has 3 fully saturated rings. The molecule has 4 heterocycles. The largest absolute Gasteiger partial charge is 0.388 e. The molecule has 108 valence electrons. The van der Waals surface area contributed by atoms with Gasteiger partial charge in [-0.3, -0.25) is 0 Å². The molecule has 7 heteroatoms. The number of nitriles is 1. The van der Waals surface area contributed by atoms with Gasteiger partial charge in [-0.1, -0.05) is 10.3 Å². The zero-order valence-electron chi connectivity index (χ0n) is 11.1. The molecule has 0 aromatic carbocycles. The fraction of sp³-hybridized carbons (Fsp3) is 0.615. The molecular formula is C13H17ClN4O2. The second kappa shape index (κ2) is 6.73. The maximum absolute atomic E-state index is 8.61. The van der Waals surface area contributed by atoms with Crippen LogP contribution in [0.3, 0.4) is 0 Å². The van der Waals surface area contributed by atoms with Gasteiger partial charge >= 0.3 is 0 Å². The SMILES string of the molecule is Cl.N#Cc1cc(CO/N=C/C2CN3CCC2CC3)on1. The van der Waals surface area contributed by atoms with Crippen LogP contribution < -0.4 is 0 Å². The molecule has 2 bridgehead atoms. The molecule has 4 rings (SSSR count). The summed E-state index contributed by atoms with van der Waals surface area (Å²) >= 11 is 0. The monoisotopic (exact) mass is 296 g/mol. The number of piperidine rings is 3. The summed E-state index contributed by atoms with van der Waals surface area (Å²) in [6, 6.07) is 3.46. The number of rotatable bonds is 4. The average Bonchev–Trinajstić information content (AvgIpc) is 2.93. The van der Waals surface area contributed by atoms with Crippen LogP contribution in [-0.4, -0.2) is 35.9 Å². The molecule has 3 aliphatic heterocycles. The molecule has 0 spiro atoms. The summed E-state index contributed by atoms with van der Waals surface area (Å²) in [5.74, 6) is 1.78. The Balaban J connectivity index is 0.00000147. The quantitative estimate of drug-likeness (QED) is 0.626. The highest BCUT2D eigenvalue weighted by molar-refractivity contribution is 5.85. The molecule has 0 N–H and O–H groups in total. The van der Waals surface area contributed by atoms with E-state index >= 15 is 0 Å². The van der Waals surface area contributed by atoms with Crippen molar-refractivity contribution in [1.29, 1.82) is 5.26 Å². The van der Waals surface area contributed by atoms with Crippen molar-refractivity contribution < 1.29 is 9.36 Å². The Morgan fingerprint density at radius 3 is 2.95 bits per heavy atom. The summed E-state index contributed by atoms with van der Waals surface area (Å²) in [7, 11) is 0. The minimum atomic E-state index is 0. The predicted molar refractivity (Wildman–Crippen MR) is 74.4 cm³/mol. The van der Waals surface area contributed by atoms with Gasteiger partial charge in [0.2, 0.25) is 0 Å². The lowest BCUT2D eigenvalue weighted by Gasteiger charge is -2.43. The van der Waals surface area contributed by atoms with Crippen molar-refractivity contribution >= 4 is 18.6 Å². The van der Waals surface area contributed by atoms with E-state index in [0.29, 0.717) is 11.7 Å². The Morgan fingerprint density at radius 1 is 1.55 bits per heavy atom. The highest BCUT2D eigenvalue weighted by Gasteiger charge is 2.33. The van der Waals surface area contributed by atoms with Gasteiger partial charge in [-0.15, -0.1) is 12.4 Å². The van der Waals surface area contributed by atoms with Crippen molar-refractivity contribution in [3.63, 3.8) is 0 Å². The smallest absolute Gasteiger partial charge is 0.183 e. The number of oxime groups is 1. The van der Waals surface area contributed by atoms with Gasteiger partial charge in [-0.2, -0.15) is 5.26 Å². The lowest BCUT2D eigenvalue weighted by Crippen LogP contribution is -2.47. The van der Waals surface area contributed by atoms with Crippen molar-refractivity contribution in [3.05, 3.63) is 17.5 Å². The summed E-state index contributed by atoms with van der Waals surface area (Å²) in [5.41, 5.74) is 0.264. The first kappa shape index (κ1) is 14.8. The predicted octanol–water partition coefficient (Wildman–Crippen LogP) is 1.81. The lowest BCUT2D eigenvalue weighted by molar-refractivity contribution is 0.0762. The maximum Gasteiger partial charge on any atom is 0.183 e. The highest BCUT2D eigenvalue weighted by atomic mass is 35.5. The summed E-state index contributed by atoms with van der Waals surface area (Å²) in [5, 5.41) is 16.2. The first-order valence-electron chi connectivity index (χ1n) is 6.58. The van der Waals surface area contributed by atoms with Crippen LogP contribution >= 0.6 is 12.4 Å². The Hall–Kier alpha value is -1.58. The van der Waals surface area contributed by atoms with Crippen LogP contribution in [0.25, 0.3) is 0 Å². The second-order valence-corrected chi connectivity index (χ2v) is 5.12. The van der Waals surface area contributed by atoms with Crippen molar-refractivity contribution in [2.45, 2.75) is 19.4 Å². The van der Waals surface area contributed by atoms with Crippen LogP contribution in [-0.2, 0) is 11.4 Å². The number of halogens is 1. The Bertz CT molecular complexity index is 503. The number of aromatic nitrogens is 1. The molecule has 0 radical (unpaired) electrons. The highest BCUT2D eigenvalue weighted by Crippen LogP contribution is 2.31. The van der Waals surface area contributed by atoms with Gasteiger partial charge in [0, 0.05) is 24.7 Å². The number of nitrogens with zero attached hydrogens (tertiary/aromatic N) is 4. The van der Waals surface area contributed by atoms with Crippen LogP contribution in [0.1, 0.15) is 24.3 Å². The van der Waals surface area contributed by atoms with E-state index in [4.69, 9.17) is 14.6 Å². The molecule has 6 nitrogen and oxygen atoms in total. The van der Waals surface area contributed by atoms with Crippen LogP contribution in [0, 0.1) is 23.2 Å². The van der Waals surface area contributed by atoms with E-state index in [1.165, 1.54) is 25.9 Å². The molecule has 3 saturated heterocycles. The van der Waals surface area contributed by atoms with Crippen LogP contribution in [0.5, 0.6) is 0 Å². The molecule has 1 aromatic rings. The Morgan fingerprint density at radius 2 is 2.35 bits per heavy atom. The maximum atomic E-state index is 8.61. The molecule has 0 amide bonds.